The van der Waals surface area contributed by atoms with Crippen LogP contribution in [0.25, 0.3) is 0 Å². The van der Waals surface area contributed by atoms with E-state index in [0.717, 1.165) is 12.0 Å². The SMILES string of the molecule is COc1cc(CCN)cc(OC)c1O[Si](C)(C)C. The van der Waals surface area contributed by atoms with Crippen molar-refractivity contribution in [1.82, 2.24) is 0 Å². The van der Waals surface area contributed by atoms with E-state index in [9.17, 15) is 0 Å². The fraction of sp³-hybridized carbons (Fsp3) is 0.538. The zero-order valence-electron chi connectivity index (χ0n) is 11.9. The minimum atomic E-state index is -1.71. The molecule has 0 aromatic heterocycles. The number of methoxy groups -OCH3 is 2. The van der Waals surface area contributed by atoms with Gasteiger partial charge in [-0.25, -0.2) is 0 Å². The Morgan fingerprint density at radius 2 is 1.56 bits per heavy atom. The highest BCUT2D eigenvalue weighted by Crippen LogP contribution is 2.40. The molecule has 0 bridgehead atoms. The minimum Gasteiger partial charge on any atom is -0.539 e. The van der Waals surface area contributed by atoms with E-state index in [0.29, 0.717) is 23.8 Å². The standard InChI is InChI=1S/C13H23NO3Si/c1-15-11-8-10(6-7-14)9-12(16-2)13(11)17-18(3,4)5/h8-9H,6-7,14H2,1-5H3. The molecule has 1 rings (SSSR count). The lowest BCUT2D eigenvalue weighted by Gasteiger charge is -2.23. The molecule has 18 heavy (non-hydrogen) atoms. The number of ether oxygens (including phenoxy) is 2. The van der Waals surface area contributed by atoms with E-state index < -0.39 is 8.32 Å². The van der Waals surface area contributed by atoms with E-state index >= 15 is 0 Å². The first-order valence-electron chi connectivity index (χ1n) is 6.05. The summed E-state index contributed by atoms with van der Waals surface area (Å²) in [5.41, 5.74) is 6.67. The topological polar surface area (TPSA) is 53.7 Å². The molecule has 4 nitrogen and oxygen atoms in total. The van der Waals surface area contributed by atoms with Crippen LogP contribution in [-0.2, 0) is 6.42 Å². The molecule has 0 radical (unpaired) electrons. The van der Waals surface area contributed by atoms with Crippen molar-refractivity contribution < 1.29 is 13.9 Å². The monoisotopic (exact) mass is 269 g/mol. The van der Waals surface area contributed by atoms with Crippen molar-refractivity contribution in [3.05, 3.63) is 17.7 Å². The van der Waals surface area contributed by atoms with Crippen LogP contribution >= 0.6 is 0 Å². The average Bonchev–Trinajstić information content (AvgIpc) is 2.29. The second kappa shape index (κ2) is 6.11. The summed E-state index contributed by atoms with van der Waals surface area (Å²) in [5.74, 6) is 2.11. The van der Waals surface area contributed by atoms with E-state index in [2.05, 4.69) is 19.6 Å². The summed E-state index contributed by atoms with van der Waals surface area (Å²) in [6.45, 7) is 6.97. The molecule has 1 aromatic rings. The Labute approximate surface area is 110 Å². The predicted octanol–water partition coefficient (Wildman–Crippen LogP) is 2.42. The molecule has 1 aromatic carbocycles. The van der Waals surface area contributed by atoms with Crippen LogP contribution < -0.4 is 19.6 Å². The fourth-order valence-corrected chi connectivity index (χ4v) is 2.47. The van der Waals surface area contributed by atoms with Crippen LogP contribution in [0.3, 0.4) is 0 Å². The lowest BCUT2D eigenvalue weighted by Crippen LogP contribution is -2.29. The Kier molecular flexibility index (Phi) is 5.04. The van der Waals surface area contributed by atoms with Gasteiger partial charge in [-0.2, -0.15) is 0 Å². The Morgan fingerprint density at radius 3 is 1.89 bits per heavy atom. The van der Waals surface area contributed by atoms with Gasteiger partial charge in [0.15, 0.2) is 17.2 Å². The Balaban J connectivity index is 3.21. The minimum absolute atomic E-state index is 0.598. The molecule has 2 N–H and O–H groups in total. The Morgan fingerprint density at radius 1 is 1.06 bits per heavy atom. The van der Waals surface area contributed by atoms with Gasteiger partial charge in [-0.3, -0.25) is 0 Å². The van der Waals surface area contributed by atoms with Crippen LogP contribution in [0.4, 0.5) is 0 Å². The molecular weight excluding hydrogens is 246 g/mol. The molecule has 0 spiro atoms. The van der Waals surface area contributed by atoms with Crippen molar-refractivity contribution in [2.45, 2.75) is 26.1 Å². The molecule has 102 valence electrons. The number of benzene rings is 1. The Bertz CT molecular complexity index is 377. The van der Waals surface area contributed by atoms with E-state index in [1.54, 1.807) is 14.2 Å². The zero-order valence-corrected chi connectivity index (χ0v) is 12.9. The van der Waals surface area contributed by atoms with E-state index in [1.807, 2.05) is 12.1 Å². The molecule has 0 aliphatic heterocycles. The third-order valence-electron chi connectivity index (χ3n) is 2.36. The quantitative estimate of drug-likeness (QED) is 0.806. The van der Waals surface area contributed by atoms with Crippen molar-refractivity contribution in [3.8, 4) is 17.2 Å². The van der Waals surface area contributed by atoms with Gasteiger partial charge in [-0.05, 0) is 50.3 Å². The van der Waals surface area contributed by atoms with Crippen LogP contribution in [-0.4, -0.2) is 29.1 Å². The smallest absolute Gasteiger partial charge is 0.242 e. The van der Waals surface area contributed by atoms with Crippen molar-refractivity contribution in [2.75, 3.05) is 20.8 Å². The third-order valence-corrected chi connectivity index (χ3v) is 3.18. The first-order chi connectivity index (χ1) is 8.41. The van der Waals surface area contributed by atoms with Gasteiger partial charge in [0.1, 0.15) is 0 Å². The van der Waals surface area contributed by atoms with E-state index in [4.69, 9.17) is 19.6 Å². The summed E-state index contributed by atoms with van der Waals surface area (Å²) < 4.78 is 16.8. The van der Waals surface area contributed by atoms with Gasteiger partial charge < -0.3 is 19.6 Å². The van der Waals surface area contributed by atoms with Gasteiger partial charge in [0, 0.05) is 0 Å². The van der Waals surface area contributed by atoms with Crippen molar-refractivity contribution in [3.63, 3.8) is 0 Å². The summed E-state index contributed by atoms with van der Waals surface area (Å²) in [7, 11) is 1.56. The first kappa shape index (κ1) is 14.9. The van der Waals surface area contributed by atoms with Crippen LogP contribution in [0, 0.1) is 0 Å². The average molecular weight is 269 g/mol. The molecule has 0 heterocycles. The van der Waals surface area contributed by atoms with Gasteiger partial charge in [-0.15, -0.1) is 0 Å². The summed E-state index contributed by atoms with van der Waals surface area (Å²) >= 11 is 0. The largest absolute Gasteiger partial charge is 0.539 e. The third kappa shape index (κ3) is 3.92. The number of hydrogen-bond donors (Lipinski definition) is 1. The molecule has 0 amide bonds. The maximum atomic E-state index is 6.04. The van der Waals surface area contributed by atoms with Gasteiger partial charge in [0.2, 0.25) is 8.32 Å². The van der Waals surface area contributed by atoms with E-state index in [1.165, 1.54) is 0 Å². The fourth-order valence-electron chi connectivity index (χ4n) is 1.65. The highest BCUT2D eigenvalue weighted by atomic mass is 28.4. The number of nitrogens with two attached hydrogens (primary N) is 1. The predicted molar refractivity (Wildman–Crippen MR) is 76.3 cm³/mol. The molecule has 0 aliphatic rings. The maximum Gasteiger partial charge on any atom is 0.242 e. The van der Waals surface area contributed by atoms with Gasteiger partial charge in [0.05, 0.1) is 14.2 Å². The molecule has 5 heteroatoms. The maximum absolute atomic E-state index is 6.04. The second-order valence-electron chi connectivity index (χ2n) is 5.08. The van der Waals surface area contributed by atoms with Crippen molar-refractivity contribution >= 4 is 8.32 Å². The van der Waals surface area contributed by atoms with E-state index in [-0.39, 0.29) is 0 Å². The summed E-state index contributed by atoms with van der Waals surface area (Å²) in [6.07, 6.45) is 0.792. The number of hydrogen-bond acceptors (Lipinski definition) is 4. The van der Waals surface area contributed by atoms with Crippen molar-refractivity contribution in [2.24, 2.45) is 5.73 Å². The Hall–Kier alpha value is -1.20. The van der Waals surface area contributed by atoms with Crippen molar-refractivity contribution in [1.29, 1.82) is 0 Å². The highest BCUT2D eigenvalue weighted by molar-refractivity contribution is 6.70. The lowest BCUT2D eigenvalue weighted by molar-refractivity contribution is 0.360. The molecule has 0 saturated carbocycles. The van der Waals surface area contributed by atoms with Crippen LogP contribution in [0.15, 0.2) is 12.1 Å². The van der Waals surface area contributed by atoms with Gasteiger partial charge >= 0.3 is 0 Å². The number of rotatable bonds is 6. The molecule has 0 fully saturated rings. The first-order valence-corrected chi connectivity index (χ1v) is 9.46. The summed E-state index contributed by atoms with van der Waals surface area (Å²) in [6, 6.07) is 3.93. The molecule has 0 unspecified atom stereocenters. The van der Waals surface area contributed by atoms with Gasteiger partial charge in [0.25, 0.3) is 0 Å². The molecule has 0 atom stereocenters. The van der Waals surface area contributed by atoms with Gasteiger partial charge in [-0.1, -0.05) is 0 Å². The summed E-state index contributed by atoms with van der Waals surface area (Å²) in [4.78, 5) is 0. The van der Waals surface area contributed by atoms with Crippen LogP contribution in [0.5, 0.6) is 17.2 Å². The normalized spacial score (nSPS) is 11.2. The highest BCUT2D eigenvalue weighted by Gasteiger charge is 2.22. The van der Waals surface area contributed by atoms with Crippen LogP contribution in [0.1, 0.15) is 5.56 Å². The summed E-state index contributed by atoms with van der Waals surface area (Å²) in [5, 5.41) is 0. The van der Waals surface area contributed by atoms with Crippen LogP contribution in [0.2, 0.25) is 19.6 Å². The molecular formula is C13H23NO3Si. The zero-order chi connectivity index (χ0) is 13.8. The second-order valence-corrected chi connectivity index (χ2v) is 9.51. The lowest BCUT2D eigenvalue weighted by atomic mass is 10.1. The molecule has 0 saturated heterocycles. The molecule has 0 aliphatic carbocycles.